The molecule has 9 nitrogen and oxygen atoms in total. The molecule has 0 amide bonds. The highest BCUT2D eigenvalue weighted by atomic mass is 31.2. The SMILES string of the molecule is CCCCCCCC/C=C\CCCCCCCC(=O)OC[C@@H](COP(=O)(OCC)OCC[N+](C)(C)C)OC(=O)CCCCCCC/C=C\CCCCCCCC. The smallest absolute Gasteiger partial charge is 0.462 e. The molecular formula is C46H89NO8P+. The monoisotopic (exact) mass is 815 g/mol. The van der Waals surface area contributed by atoms with Gasteiger partial charge in [0.1, 0.15) is 19.8 Å². The van der Waals surface area contributed by atoms with Gasteiger partial charge in [0.05, 0.1) is 34.4 Å². The first-order valence-corrected chi connectivity index (χ1v) is 24.5. The number of nitrogens with zero attached hydrogens (tertiary/aromatic N) is 1. The standard InChI is InChI=1S/C46H89NO8P/c1-7-10-12-14-16-18-20-22-24-26-28-30-32-34-36-38-45(48)51-42-44(43-54-56(50,52-9-3)53-41-40-47(4,5)6)55-46(49)39-37-35-33-31-29-27-25-23-21-19-17-15-13-11-8-2/h22-25,44H,7-21,26-43H2,1-6H3/q+1/b24-22-,25-23-/t44-,56?/m0/s1. The molecule has 56 heavy (non-hydrogen) atoms. The number of quaternary nitrogens is 1. The van der Waals surface area contributed by atoms with E-state index < -0.39 is 13.9 Å². The maximum Gasteiger partial charge on any atom is 0.475 e. The fourth-order valence-electron chi connectivity index (χ4n) is 6.17. The summed E-state index contributed by atoms with van der Waals surface area (Å²) in [4.78, 5) is 25.4. The van der Waals surface area contributed by atoms with Crippen molar-refractivity contribution in [3.05, 3.63) is 24.3 Å². The van der Waals surface area contributed by atoms with Crippen LogP contribution in [-0.4, -0.2) is 76.6 Å². The number of allylic oxidation sites excluding steroid dienone is 4. The van der Waals surface area contributed by atoms with E-state index in [-0.39, 0.29) is 44.8 Å². The summed E-state index contributed by atoms with van der Waals surface area (Å²) in [7, 11) is 2.12. The zero-order valence-corrected chi connectivity index (χ0v) is 38.3. The predicted molar refractivity (Wildman–Crippen MR) is 234 cm³/mol. The first-order chi connectivity index (χ1) is 27.0. The number of likely N-dealkylation sites (N-methyl/N-ethyl adjacent to an activating group) is 1. The zero-order valence-electron chi connectivity index (χ0n) is 37.4. The molecule has 0 aliphatic heterocycles. The van der Waals surface area contributed by atoms with E-state index >= 15 is 0 Å². The lowest BCUT2D eigenvalue weighted by Crippen LogP contribution is -2.37. The maximum atomic E-state index is 13.3. The summed E-state index contributed by atoms with van der Waals surface area (Å²) in [6.07, 6.45) is 39.8. The second-order valence-electron chi connectivity index (χ2n) is 16.5. The molecule has 0 bridgehead atoms. The van der Waals surface area contributed by atoms with Gasteiger partial charge in [-0.1, -0.05) is 141 Å². The first-order valence-electron chi connectivity index (χ1n) is 23.0. The van der Waals surface area contributed by atoms with E-state index in [2.05, 4.69) is 38.2 Å². The minimum Gasteiger partial charge on any atom is -0.462 e. The average Bonchev–Trinajstić information content (AvgIpc) is 3.15. The Morgan fingerprint density at radius 3 is 1.36 bits per heavy atom. The molecular weight excluding hydrogens is 725 g/mol. The number of hydrogen-bond donors (Lipinski definition) is 0. The Morgan fingerprint density at radius 1 is 0.518 bits per heavy atom. The van der Waals surface area contributed by atoms with E-state index in [1.54, 1.807) is 6.92 Å². The van der Waals surface area contributed by atoms with Crippen molar-refractivity contribution in [3.63, 3.8) is 0 Å². The largest absolute Gasteiger partial charge is 0.475 e. The van der Waals surface area contributed by atoms with E-state index in [9.17, 15) is 14.2 Å². The van der Waals surface area contributed by atoms with Crippen molar-refractivity contribution in [2.75, 3.05) is 54.1 Å². The number of rotatable bonds is 42. The zero-order chi connectivity index (χ0) is 41.4. The Kier molecular flexibility index (Phi) is 37.9. The Labute approximate surface area is 345 Å². The minimum absolute atomic E-state index is 0.131. The lowest BCUT2D eigenvalue weighted by Gasteiger charge is -2.25. The third-order valence-electron chi connectivity index (χ3n) is 9.73. The Bertz CT molecular complexity index is 1010. The van der Waals surface area contributed by atoms with E-state index in [1.807, 2.05) is 21.1 Å². The van der Waals surface area contributed by atoms with Crippen LogP contribution in [0.25, 0.3) is 0 Å². The van der Waals surface area contributed by atoms with Gasteiger partial charge in [-0.05, 0) is 71.1 Å². The van der Waals surface area contributed by atoms with Gasteiger partial charge in [0.15, 0.2) is 6.10 Å². The fourth-order valence-corrected chi connectivity index (χ4v) is 7.36. The quantitative estimate of drug-likeness (QED) is 0.0198. The molecule has 2 atom stereocenters. The minimum atomic E-state index is -3.90. The number of hydrogen-bond acceptors (Lipinski definition) is 8. The molecule has 0 aliphatic rings. The Morgan fingerprint density at radius 2 is 0.929 bits per heavy atom. The van der Waals surface area contributed by atoms with Crippen LogP contribution in [0.4, 0.5) is 0 Å². The number of unbranched alkanes of at least 4 members (excludes halogenated alkanes) is 22. The number of phosphoric ester groups is 1. The molecule has 0 heterocycles. The molecule has 0 rings (SSSR count). The summed E-state index contributed by atoms with van der Waals surface area (Å²) in [6.45, 7) is 6.69. The van der Waals surface area contributed by atoms with E-state index in [0.29, 0.717) is 17.4 Å². The summed E-state index contributed by atoms with van der Waals surface area (Å²) in [5.74, 6) is -0.727. The fraction of sp³-hybridized carbons (Fsp3) is 0.870. The van der Waals surface area contributed by atoms with Crippen LogP contribution in [0.15, 0.2) is 24.3 Å². The van der Waals surface area contributed by atoms with Gasteiger partial charge in [-0.3, -0.25) is 23.2 Å². The van der Waals surface area contributed by atoms with Crippen molar-refractivity contribution >= 4 is 19.8 Å². The Hall–Kier alpha value is -1.51. The normalized spacial score (nSPS) is 13.8. The van der Waals surface area contributed by atoms with Crippen LogP contribution in [0.1, 0.15) is 201 Å². The van der Waals surface area contributed by atoms with Gasteiger partial charge < -0.3 is 14.0 Å². The highest BCUT2D eigenvalue weighted by Crippen LogP contribution is 2.49. The van der Waals surface area contributed by atoms with Gasteiger partial charge in [-0.15, -0.1) is 0 Å². The van der Waals surface area contributed by atoms with Crippen molar-refractivity contribution in [2.24, 2.45) is 0 Å². The van der Waals surface area contributed by atoms with Crippen LogP contribution in [0.5, 0.6) is 0 Å². The summed E-state index contributed by atoms with van der Waals surface area (Å²) in [5, 5.41) is 0. The predicted octanol–water partition coefficient (Wildman–Crippen LogP) is 13.4. The van der Waals surface area contributed by atoms with Crippen LogP contribution in [-0.2, 0) is 37.2 Å². The molecule has 0 aromatic carbocycles. The van der Waals surface area contributed by atoms with Crippen LogP contribution < -0.4 is 0 Å². The highest BCUT2D eigenvalue weighted by molar-refractivity contribution is 7.48. The maximum absolute atomic E-state index is 13.3. The molecule has 330 valence electrons. The van der Waals surface area contributed by atoms with Gasteiger partial charge in [0.2, 0.25) is 0 Å². The number of carbonyl (C=O) groups excluding carboxylic acids is 2. The Balaban J connectivity index is 4.57. The molecule has 0 saturated heterocycles. The molecule has 0 saturated carbocycles. The topological polar surface area (TPSA) is 97.4 Å². The van der Waals surface area contributed by atoms with Gasteiger partial charge in [0.25, 0.3) is 0 Å². The molecule has 0 N–H and O–H groups in total. The van der Waals surface area contributed by atoms with Crippen LogP contribution >= 0.6 is 7.82 Å². The van der Waals surface area contributed by atoms with Crippen LogP contribution in [0.2, 0.25) is 0 Å². The lowest BCUT2D eigenvalue weighted by atomic mass is 10.1. The van der Waals surface area contributed by atoms with Gasteiger partial charge >= 0.3 is 19.8 Å². The molecule has 0 radical (unpaired) electrons. The highest BCUT2D eigenvalue weighted by Gasteiger charge is 2.30. The van der Waals surface area contributed by atoms with Crippen molar-refractivity contribution in [2.45, 2.75) is 207 Å². The third kappa shape index (κ3) is 39.3. The number of esters is 2. The van der Waals surface area contributed by atoms with Crippen molar-refractivity contribution in [1.29, 1.82) is 0 Å². The number of phosphoric acid groups is 1. The molecule has 0 spiro atoms. The molecule has 0 aromatic heterocycles. The number of carbonyl (C=O) groups is 2. The van der Waals surface area contributed by atoms with Gasteiger partial charge in [-0.25, -0.2) is 4.57 Å². The van der Waals surface area contributed by atoms with Crippen molar-refractivity contribution in [1.82, 2.24) is 0 Å². The average molecular weight is 815 g/mol. The first kappa shape index (κ1) is 54.5. The van der Waals surface area contributed by atoms with Crippen LogP contribution in [0.3, 0.4) is 0 Å². The summed E-state index contributed by atoms with van der Waals surface area (Å²) >= 11 is 0. The number of ether oxygens (including phenoxy) is 2. The molecule has 0 aliphatic carbocycles. The van der Waals surface area contributed by atoms with E-state index in [4.69, 9.17) is 23.0 Å². The second kappa shape index (κ2) is 39.0. The van der Waals surface area contributed by atoms with Gasteiger partial charge in [0, 0.05) is 12.8 Å². The lowest BCUT2D eigenvalue weighted by molar-refractivity contribution is -0.870. The van der Waals surface area contributed by atoms with E-state index in [0.717, 1.165) is 70.6 Å². The summed E-state index contributed by atoms with van der Waals surface area (Å²) in [6, 6.07) is 0. The second-order valence-corrected chi connectivity index (χ2v) is 18.1. The molecule has 0 aromatic rings. The molecule has 10 heteroatoms. The van der Waals surface area contributed by atoms with Crippen molar-refractivity contribution in [3.8, 4) is 0 Å². The van der Waals surface area contributed by atoms with Crippen LogP contribution in [0, 0.1) is 0 Å². The molecule has 0 fully saturated rings. The van der Waals surface area contributed by atoms with E-state index in [1.165, 1.54) is 96.3 Å². The molecule has 1 unspecified atom stereocenters. The van der Waals surface area contributed by atoms with Gasteiger partial charge in [-0.2, -0.15) is 0 Å². The van der Waals surface area contributed by atoms with Crippen molar-refractivity contribution < 1.29 is 41.7 Å². The summed E-state index contributed by atoms with van der Waals surface area (Å²) < 4.78 is 41.7. The summed E-state index contributed by atoms with van der Waals surface area (Å²) in [5.41, 5.74) is 0. The third-order valence-corrected chi connectivity index (χ3v) is 11.3.